The molecule has 8 heteroatoms. The van der Waals surface area contributed by atoms with Gasteiger partial charge in [-0.25, -0.2) is 4.39 Å². The summed E-state index contributed by atoms with van der Waals surface area (Å²) in [6, 6.07) is 10.8. The summed E-state index contributed by atoms with van der Waals surface area (Å²) in [4.78, 5) is 37.5. The second kappa shape index (κ2) is 7.75. The molecule has 0 spiro atoms. The van der Waals surface area contributed by atoms with Crippen LogP contribution in [0, 0.1) is 11.7 Å². The van der Waals surface area contributed by atoms with Crippen LogP contribution in [0.3, 0.4) is 0 Å². The monoisotopic (exact) mass is 389 g/mol. The van der Waals surface area contributed by atoms with E-state index in [-0.39, 0.29) is 35.7 Å². The molecular formula is C19H17ClFN3O3. The maximum absolute atomic E-state index is 13.2. The summed E-state index contributed by atoms with van der Waals surface area (Å²) >= 11 is 5.72. The van der Waals surface area contributed by atoms with Crippen molar-refractivity contribution in [3.63, 3.8) is 0 Å². The van der Waals surface area contributed by atoms with Crippen molar-refractivity contribution >= 4 is 46.4 Å². The number of nitrogens with zero attached hydrogens (tertiary/aromatic N) is 1. The van der Waals surface area contributed by atoms with E-state index in [1.165, 1.54) is 24.0 Å². The van der Waals surface area contributed by atoms with Crippen molar-refractivity contribution in [2.24, 2.45) is 5.92 Å². The molecule has 3 amide bonds. The lowest BCUT2D eigenvalue weighted by molar-refractivity contribution is -0.122. The van der Waals surface area contributed by atoms with Crippen LogP contribution in [0.1, 0.15) is 13.3 Å². The second-order valence-corrected chi connectivity index (χ2v) is 6.66. The van der Waals surface area contributed by atoms with Crippen molar-refractivity contribution in [1.82, 2.24) is 0 Å². The number of hydrogen-bond acceptors (Lipinski definition) is 3. The molecule has 27 heavy (non-hydrogen) atoms. The number of carbonyl (C=O) groups excluding carboxylic acids is 3. The van der Waals surface area contributed by atoms with Gasteiger partial charge in [-0.05, 0) is 36.4 Å². The number of benzene rings is 2. The molecule has 3 rings (SSSR count). The van der Waals surface area contributed by atoms with Crippen LogP contribution in [0.15, 0.2) is 42.5 Å². The molecule has 0 bridgehead atoms. The van der Waals surface area contributed by atoms with Gasteiger partial charge < -0.3 is 15.5 Å². The predicted octanol–water partition coefficient (Wildman–Crippen LogP) is 3.43. The summed E-state index contributed by atoms with van der Waals surface area (Å²) in [5.41, 5.74) is 1.54. The van der Waals surface area contributed by atoms with Gasteiger partial charge in [0.05, 0.1) is 10.9 Å². The largest absolute Gasteiger partial charge is 0.326 e. The van der Waals surface area contributed by atoms with E-state index in [9.17, 15) is 18.8 Å². The summed E-state index contributed by atoms with van der Waals surface area (Å²) in [6.07, 6.45) is 0.0606. The van der Waals surface area contributed by atoms with Gasteiger partial charge in [-0.2, -0.15) is 0 Å². The van der Waals surface area contributed by atoms with Gasteiger partial charge in [0.25, 0.3) is 0 Å². The van der Waals surface area contributed by atoms with Gasteiger partial charge >= 0.3 is 0 Å². The number of anilines is 3. The number of carbonyl (C=O) groups is 3. The zero-order valence-electron chi connectivity index (χ0n) is 14.5. The zero-order valence-corrected chi connectivity index (χ0v) is 15.2. The molecule has 1 saturated heterocycles. The van der Waals surface area contributed by atoms with E-state index in [1.54, 1.807) is 24.3 Å². The predicted molar refractivity (Wildman–Crippen MR) is 101 cm³/mol. The first-order valence-electron chi connectivity index (χ1n) is 8.27. The minimum absolute atomic E-state index is 0.0606. The fraction of sp³-hybridized carbons (Fsp3) is 0.211. The minimum Gasteiger partial charge on any atom is -0.326 e. The maximum atomic E-state index is 13.2. The fourth-order valence-corrected chi connectivity index (χ4v) is 3.09. The van der Waals surface area contributed by atoms with E-state index in [1.807, 2.05) is 0 Å². The van der Waals surface area contributed by atoms with Gasteiger partial charge in [-0.3, -0.25) is 14.4 Å². The lowest BCUT2D eigenvalue weighted by Gasteiger charge is -2.18. The molecule has 2 aromatic carbocycles. The van der Waals surface area contributed by atoms with Crippen LogP contribution in [-0.2, 0) is 14.4 Å². The second-order valence-electron chi connectivity index (χ2n) is 6.26. The van der Waals surface area contributed by atoms with E-state index in [0.717, 1.165) is 6.07 Å². The van der Waals surface area contributed by atoms with Gasteiger partial charge in [-0.15, -0.1) is 0 Å². The Morgan fingerprint density at radius 3 is 2.59 bits per heavy atom. The molecule has 0 unspecified atom stereocenters. The fourth-order valence-electron chi connectivity index (χ4n) is 2.91. The highest BCUT2D eigenvalue weighted by Crippen LogP contribution is 2.28. The SMILES string of the molecule is CC(=O)Nc1cccc(N2C[C@H](C(=O)Nc3ccc(F)c(Cl)c3)CC2=O)c1. The van der Waals surface area contributed by atoms with Gasteiger partial charge in [0.15, 0.2) is 0 Å². The average molecular weight is 390 g/mol. The average Bonchev–Trinajstić information content (AvgIpc) is 3.00. The van der Waals surface area contributed by atoms with Crippen LogP contribution >= 0.6 is 11.6 Å². The highest BCUT2D eigenvalue weighted by Gasteiger charge is 2.35. The molecule has 2 N–H and O–H groups in total. The van der Waals surface area contributed by atoms with Crippen molar-refractivity contribution in [3.05, 3.63) is 53.3 Å². The van der Waals surface area contributed by atoms with Crippen molar-refractivity contribution in [2.45, 2.75) is 13.3 Å². The summed E-state index contributed by atoms with van der Waals surface area (Å²) < 4.78 is 13.2. The summed E-state index contributed by atoms with van der Waals surface area (Å²) in [5.74, 6) is -1.87. The number of halogens is 2. The minimum atomic E-state index is -0.573. The Kier molecular flexibility index (Phi) is 5.41. The third-order valence-electron chi connectivity index (χ3n) is 4.16. The van der Waals surface area contributed by atoms with E-state index >= 15 is 0 Å². The lowest BCUT2D eigenvalue weighted by Crippen LogP contribution is -2.28. The molecule has 1 fully saturated rings. The van der Waals surface area contributed by atoms with Gasteiger partial charge in [-0.1, -0.05) is 17.7 Å². The van der Waals surface area contributed by atoms with Crippen LogP contribution in [0.25, 0.3) is 0 Å². The molecule has 0 radical (unpaired) electrons. The highest BCUT2D eigenvalue weighted by atomic mass is 35.5. The van der Waals surface area contributed by atoms with Crippen molar-refractivity contribution in [1.29, 1.82) is 0 Å². The van der Waals surface area contributed by atoms with E-state index in [0.29, 0.717) is 17.1 Å². The molecule has 6 nitrogen and oxygen atoms in total. The third kappa shape index (κ3) is 4.43. The Morgan fingerprint density at radius 1 is 1.15 bits per heavy atom. The lowest BCUT2D eigenvalue weighted by atomic mass is 10.1. The number of rotatable bonds is 4. The molecule has 1 aliphatic heterocycles. The van der Waals surface area contributed by atoms with Gasteiger partial charge in [0.2, 0.25) is 17.7 Å². The summed E-state index contributed by atoms with van der Waals surface area (Å²) in [7, 11) is 0. The smallest absolute Gasteiger partial charge is 0.229 e. The molecule has 0 aromatic heterocycles. The molecule has 1 heterocycles. The first-order valence-corrected chi connectivity index (χ1v) is 8.65. The molecule has 2 aromatic rings. The summed E-state index contributed by atoms with van der Waals surface area (Å²) in [6.45, 7) is 1.61. The van der Waals surface area contributed by atoms with Crippen LogP contribution < -0.4 is 15.5 Å². The first-order chi connectivity index (χ1) is 12.8. The number of nitrogens with one attached hydrogen (secondary N) is 2. The topological polar surface area (TPSA) is 78.5 Å². The zero-order chi connectivity index (χ0) is 19.6. The number of hydrogen-bond donors (Lipinski definition) is 2. The third-order valence-corrected chi connectivity index (χ3v) is 4.45. The molecule has 1 atom stereocenters. The quantitative estimate of drug-likeness (QED) is 0.840. The van der Waals surface area contributed by atoms with Crippen LogP contribution in [0.2, 0.25) is 5.02 Å². The van der Waals surface area contributed by atoms with Crippen molar-refractivity contribution < 1.29 is 18.8 Å². The Morgan fingerprint density at radius 2 is 1.89 bits per heavy atom. The van der Waals surface area contributed by atoms with Gasteiger partial charge in [0, 0.05) is 37.0 Å². The Labute approximate surface area is 160 Å². The highest BCUT2D eigenvalue weighted by molar-refractivity contribution is 6.31. The van der Waals surface area contributed by atoms with Crippen molar-refractivity contribution in [3.8, 4) is 0 Å². The van der Waals surface area contributed by atoms with E-state index in [2.05, 4.69) is 10.6 Å². The van der Waals surface area contributed by atoms with Crippen LogP contribution in [-0.4, -0.2) is 24.3 Å². The van der Waals surface area contributed by atoms with Crippen LogP contribution in [0.4, 0.5) is 21.5 Å². The molecule has 140 valence electrons. The van der Waals surface area contributed by atoms with Crippen LogP contribution in [0.5, 0.6) is 0 Å². The Hall–Kier alpha value is -2.93. The van der Waals surface area contributed by atoms with Gasteiger partial charge in [0.1, 0.15) is 5.82 Å². The molecule has 1 aliphatic rings. The number of amides is 3. The molecule has 0 saturated carbocycles. The van der Waals surface area contributed by atoms with E-state index in [4.69, 9.17) is 11.6 Å². The summed E-state index contributed by atoms with van der Waals surface area (Å²) in [5, 5.41) is 5.23. The van der Waals surface area contributed by atoms with E-state index < -0.39 is 11.7 Å². The Bertz CT molecular complexity index is 919. The molecular weight excluding hydrogens is 373 g/mol. The maximum Gasteiger partial charge on any atom is 0.229 e. The Balaban J connectivity index is 1.70. The molecule has 0 aliphatic carbocycles. The normalized spacial score (nSPS) is 16.3. The first kappa shape index (κ1) is 18.8. The standard InChI is InChI=1S/C19H17ClFN3O3/c1-11(25)22-13-3-2-4-15(8-13)24-10-12(7-18(24)26)19(27)23-14-5-6-17(21)16(20)9-14/h2-6,8-9,12H,7,10H2,1H3,(H,22,25)(H,23,27)/t12-/m1/s1. The van der Waals surface area contributed by atoms with Crippen molar-refractivity contribution in [2.75, 3.05) is 22.1 Å².